The van der Waals surface area contributed by atoms with Crippen LogP contribution in [-0.2, 0) is 19.1 Å². The molecule has 0 aromatic heterocycles. The second kappa shape index (κ2) is 24.1. The minimum Gasteiger partial charge on any atom is -0.466 e. The summed E-state index contributed by atoms with van der Waals surface area (Å²) in [5.74, 6) is 0.550. The average Bonchev–Trinajstić information content (AvgIpc) is 2.82. The quantitative estimate of drug-likeness (QED) is 0.105. The monoisotopic (exact) mass is 468 g/mol. The minimum absolute atomic E-state index is 0.0217. The van der Waals surface area contributed by atoms with Gasteiger partial charge in [0.1, 0.15) is 0 Å². The maximum atomic E-state index is 12.5. The highest BCUT2D eigenvalue weighted by molar-refractivity contribution is 5.72. The second-order valence-electron chi connectivity index (χ2n) is 9.71. The van der Waals surface area contributed by atoms with Gasteiger partial charge in [0.05, 0.1) is 19.1 Å². The van der Waals surface area contributed by atoms with Crippen LogP contribution < -0.4 is 0 Å². The first-order valence-electron chi connectivity index (χ1n) is 14.4. The van der Waals surface area contributed by atoms with Crippen molar-refractivity contribution in [1.82, 2.24) is 0 Å². The molecule has 2 atom stereocenters. The van der Waals surface area contributed by atoms with Gasteiger partial charge in [-0.3, -0.25) is 9.59 Å². The Morgan fingerprint density at radius 3 is 1.61 bits per heavy atom. The third-order valence-electron chi connectivity index (χ3n) is 6.79. The Bertz CT molecular complexity index is 449. The zero-order chi connectivity index (χ0) is 24.6. The number of carbonyl (C=O) groups is 2. The van der Waals surface area contributed by atoms with E-state index in [0.29, 0.717) is 25.6 Å². The third-order valence-corrected chi connectivity index (χ3v) is 6.79. The fraction of sp³-hybridized carbons (Fsp3) is 0.931. The molecule has 4 heteroatoms. The van der Waals surface area contributed by atoms with Crippen LogP contribution in [0.2, 0.25) is 0 Å². The molecule has 4 nitrogen and oxygen atoms in total. The molecule has 0 fully saturated rings. The van der Waals surface area contributed by atoms with Crippen LogP contribution in [0.3, 0.4) is 0 Å². The van der Waals surface area contributed by atoms with Gasteiger partial charge in [0.2, 0.25) is 0 Å². The first-order valence-corrected chi connectivity index (χ1v) is 14.4. The fourth-order valence-corrected chi connectivity index (χ4v) is 4.54. The molecule has 0 spiro atoms. The van der Waals surface area contributed by atoms with Crippen molar-refractivity contribution >= 4 is 11.9 Å². The van der Waals surface area contributed by atoms with Crippen molar-refractivity contribution in [1.29, 1.82) is 0 Å². The first kappa shape index (κ1) is 31.9. The van der Waals surface area contributed by atoms with Crippen molar-refractivity contribution < 1.29 is 19.1 Å². The smallest absolute Gasteiger partial charge is 0.309 e. The van der Waals surface area contributed by atoms with Gasteiger partial charge in [0.15, 0.2) is 0 Å². The molecule has 0 aliphatic heterocycles. The summed E-state index contributed by atoms with van der Waals surface area (Å²) in [7, 11) is 0. The lowest BCUT2D eigenvalue weighted by Gasteiger charge is -2.23. The van der Waals surface area contributed by atoms with E-state index in [4.69, 9.17) is 9.47 Å². The molecular formula is C29H56O4. The first-order chi connectivity index (χ1) is 16.1. The lowest BCUT2D eigenvalue weighted by molar-refractivity contribution is -0.151. The molecule has 33 heavy (non-hydrogen) atoms. The number of unbranched alkanes of at least 4 members (excludes halogenated alkanes) is 12. The largest absolute Gasteiger partial charge is 0.466 e. The van der Waals surface area contributed by atoms with E-state index in [1.54, 1.807) is 0 Å². The van der Waals surface area contributed by atoms with E-state index in [-0.39, 0.29) is 17.9 Å². The van der Waals surface area contributed by atoms with E-state index < -0.39 is 0 Å². The van der Waals surface area contributed by atoms with Crippen LogP contribution in [0.4, 0.5) is 0 Å². The van der Waals surface area contributed by atoms with Crippen molar-refractivity contribution in [2.45, 2.75) is 150 Å². The number of hydrogen-bond acceptors (Lipinski definition) is 4. The summed E-state index contributed by atoms with van der Waals surface area (Å²) < 4.78 is 10.8. The predicted molar refractivity (Wildman–Crippen MR) is 139 cm³/mol. The number of hydrogen-bond donors (Lipinski definition) is 0. The van der Waals surface area contributed by atoms with Crippen LogP contribution in [-0.4, -0.2) is 25.2 Å². The van der Waals surface area contributed by atoms with Crippen molar-refractivity contribution in [3.8, 4) is 0 Å². The standard InChI is InChI=1S/C29H56O4/c1-5-9-20-24-32-28(30)23-19-17-15-13-11-12-14-16-18-22-26(7-3)27(8-4)29(31)33-25-21-10-6-2/h26-27H,5-25H2,1-4H3. The van der Waals surface area contributed by atoms with Crippen LogP contribution in [0.5, 0.6) is 0 Å². The van der Waals surface area contributed by atoms with E-state index in [1.807, 2.05) is 0 Å². The van der Waals surface area contributed by atoms with Gasteiger partial charge in [-0.25, -0.2) is 0 Å². The molecule has 0 aromatic rings. The highest BCUT2D eigenvalue weighted by atomic mass is 16.5. The van der Waals surface area contributed by atoms with E-state index in [0.717, 1.165) is 70.6 Å². The van der Waals surface area contributed by atoms with Crippen molar-refractivity contribution in [2.24, 2.45) is 11.8 Å². The third kappa shape index (κ3) is 19.0. The SMILES string of the molecule is CCCCCOC(=O)CCCCCCCCCCCC(CC)C(CC)C(=O)OCCCCC. The molecule has 0 rings (SSSR count). The van der Waals surface area contributed by atoms with Crippen LogP contribution in [0.15, 0.2) is 0 Å². The van der Waals surface area contributed by atoms with Gasteiger partial charge in [-0.15, -0.1) is 0 Å². The van der Waals surface area contributed by atoms with Crippen molar-refractivity contribution in [2.75, 3.05) is 13.2 Å². The summed E-state index contributed by atoms with van der Waals surface area (Å²) >= 11 is 0. The van der Waals surface area contributed by atoms with Crippen LogP contribution >= 0.6 is 0 Å². The molecule has 0 saturated heterocycles. The Morgan fingerprint density at radius 1 is 0.576 bits per heavy atom. The molecule has 196 valence electrons. The Labute approximate surface area is 206 Å². The molecule has 0 aromatic carbocycles. The number of rotatable bonds is 24. The molecule has 0 aliphatic rings. The van der Waals surface area contributed by atoms with Gasteiger partial charge in [-0.05, 0) is 38.0 Å². The summed E-state index contributed by atoms with van der Waals surface area (Å²) in [6.45, 7) is 9.83. The van der Waals surface area contributed by atoms with Gasteiger partial charge < -0.3 is 9.47 Å². The Balaban J connectivity index is 3.69. The number of esters is 2. The Hall–Kier alpha value is -1.06. The van der Waals surface area contributed by atoms with Crippen molar-refractivity contribution in [3.05, 3.63) is 0 Å². The molecule has 0 amide bonds. The zero-order valence-electron chi connectivity index (χ0n) is 22.6. The van der Waals surface area contributed by atoms with E-state index >= 15 is 0 Å². The van der Waals surface area contributed by atoms with Crippen LogP contribution in [0.25, 0.3) is 0 Å². The Kier molecular flexibility index (Phi) is 23.3. The highest BCUT2D eigenvalue weighted by Crippen LogP contribution is 2.27. The van der Waals surface area contributed by atoms with Crippen molar-refractivity contribution in [3.63, 3.8) is 0 Å². The maximum absolute atomic E-state index is 12.5. The highest BCUT2D eigenvalue weighted by Gasteiger charge is 2.26. The topological polar surface area (TPSA) is 52.6 Å². The molecular weight excluding hydrogens is 412 g/mol. The number of ether oxygens (including phenoxy) is 2. The molecule has 0 N–H and O–H groups in total. The maximum Gasteiger partial charge on any atom is 0.309 e. The fourth-order valence-electron chi connectivity index (χ4n) is 4.54. The predicted octanol–water partition coefficient (Wildman–Crippen LogP) is 8.80. The van der Waals surface area contributed by atoms with Gasteiger partial charge in [0.25, 0.3) is 0 Å². The van der Waals surface area contributed by atoms with Gasteiger partial charge in [-0.1, -0.05) is 111 Å². The summed E-state index contributed by atoms with van der Waals surface area (Å²) in [4.78, 5) is 24.1. The lowest BCUT2D eigenvalue weighted by atomic mass is 9.84. The van der Waals surface area contributed by atoms with Gasteiger partial charge in [0, 0.05) is 6.42 Å². The summed E-state index contributed by atoms with van der Waals surface area (Å²) in [6, 6.07) is 0. The summed E-state index contributed by atoms with van der Waals surface area (Å²) in [5, 5.41) is 0. The van der Waals surface area contributed by atoms with Crippen LogP contribution in [0, 0.1) is 11.8 Å². The second-order valence-corrected chi connectivity index (χ2v) is 9.71. The molecule has 0 aliphatic carbocycles. The number of carbonyl (C=O) groups excluding carboxylic acids is 2. The summed E-state index contributed by atoms with van der Waals surface area (Å²) in [5.41, 5.74) is 0. The normalized spacial score (nSPS) is 13.0. The van der Waals surface area contributed by atoms with Crippen LogP contribution in [0.1, 0.15) is 150 Å². The van der Waals surface area contributed by atoms with E-state index in [9.17, 15) is 9.59 Å². The van der Waals surface area contributed by atoms with Gasteiger partial charge >= 0.3 is 11.9 Å². The van der Waals surface area contributed by atoms with E-state index in [1.165, 1.54) is 44.9 Å². The molecule has 0 heterocycles. The average molecular weight is 469 g/mol. The lowest BCUT2D eigenvalue weighted by Crippen LogP contribution is -2.25. The van der Waals surface area contributed by atoms with E-state index in [2.05, 4.69) is 27.7 Å². The van der Waals surface area contributed by atoms with Gasteiger partial charge in [-0.2, -0.15) is 0 Å². The molecule has 0 radical (unpaired) electrons. The minimum atomic E-state index is -0.0217. The molecule has 0 saturated carbocycles. The molecule has 2 unspecified atom stereocenters. The molecule has 0 bridgehead atoms. The Morgan fingerprint density at radius 2 is 1.09 bits per heavy atom. The summed E-state index contributed by atoms with van der Waals surface area (Å²) in [6.07, 6.45) is 21.2. The zero-order valence-corrected chi connectivity index (χ0v) is 22.6.